The predicted molar refractivity (Wildman–Crippen MR) is 127 cm³/mol. The van der Waals surface area contributed by atoms with E-state index in [0.717, 1.165) is 11.1 Å². The number of nitrogens with one attached hydrogen (secondary N) is 2. The summed E-state index contributed by atoms with van der Waals surface area (Å²) in [7, 11) is 1.30. The monoisotopic (exact) mass is 490 g/mol. The van der Waals surface area contributed by atoms with Gasteiger partial charge in [-0.1, -0.05) is 24.3 Å². The molecule has 11 heteroatoms. The van der Waals surface area contributed by atoms with Gasteiger partial charge in [-0.2, -0.15) is 14.6 Å². The van der Waals surface area contributed by atoms with E-state index >= 15 is 0 Å². The molecule has 0 aliphatic rings. The summed E-state index contributed by atoms with van der Waals surface area (Å²) < 4.78 is 19.4. The molecule has 0 unspecified atom stereocenters. The van der Waals surface area contributed by atoms with Crippen LogP contribution in [0.4, 0.5) is 4.39 Å². The molecule has 1 atom stereocenters. The number of aromatic nitrogens is 4. The molecule has 2 aromatic heterocycles. The van der Waals surface area contributed by atoms with Gasteiger partial charge in [0.1, 0.15) is 23.5 Å². The maximum atomic E-state index is 13.5. The van der Waals surface area contributed by atoms with Gasteiger partial charge in [-0.05, 0) is 48.7 Å². The van der Waals surface area contributed by atoms with Crippen molar-refractivity contribution in [3.8, 4) is 0 Å². The molecule has 2 amide bonds. The van der Waals surface area contributed by atoms with Crippen LogP contribution < -0.4 is 10.6 Å². The minimum absolute atomic E-state index is 0.0189. The number of carbonyl (C=O) groups excluding carboxylic acids is 3. The number of hydrogen-bond acceptors (Lipinski definition) is 7. The lowest BCUT2D eigenvalue weighted by Crippen LogP contribution is -2.30. The lowest BCUT2D eigenvalue weighted by molar-refractivity contribution is 0.0600. The summed E-state index contributed by atoms with van der Waals surface area (Å²) in [5.41, 5.74) is 2.39. The smallest absolute Gasteiger partial charge is 0.337 e. The maximum absolute atomic E-state index is 13.5. The van der Waals surface area contributed by atoms with Crippen LogP contribution in [0.5, 0.6) is 0 Å². The van der Waals surface area contributed by atoms with Crippen LogP contribution in [0.15, 0.2) is 54.9 Å². The number of fused-ring (bicyclic) bond motifs is 1. The number of rotatable bonds is 7. The van der Waals surface area contributed by atoms with Crippen LogP contribution >= 0.6 is 0 Å². The third-order valence-corrected chi connectivity index (χ3v) is 5.57. The van der Waals surface area contributed by atoms with Crippen molar-refractivity contribution in [3.05, 3.63) is 94.3 Å². The van der Waals surface area contributed by atoms with Crippen LogP contribution in [-0.4, -0.2) is 44.5 Å². The third kappa shape index (κ3) is 5.19. The Morgan fingerprint density at radius 2 is 1.83 bits per heavy atom. The molecule has 0 fully saturated rings. The standard InChI is InChI=1S/C25H23FN6O4/c1-14-10-16(4-9-19(14)26)12-27-22(33)20-11-21(32-25(31-20)28-13-29-32)23(34)30-15(2)17-5-7-18(8-6-17)24(35)36-3/h4-11,13,15H,12H2,1-3H3,(H,27,33)(H,30,34)/t15-/m0/s1. The van der Waals surface area contributed by atoms with E-state index in [0.29, 0.717) is 11.1 Å². The molecule has 0 saturated heterocycles. The second kappa shape index (κ2) is 10.3. The van der Waals surface area contributed by atoms with E-state index in [-0.39, 0.29) is 29.5 Å². The number of nitrogens with zero attached hydrogens (tertiary/aromatic N) is 4. The van der Waals surface area contributed by atoms with Crippen LogP contribution in [0.2, 0.25) is 0 Å². The fraction of sp³-hybridized carbons (Fsp3) is 0.200. The van der Waals surface area contributed by atoms with Crippen molar-refractivity contribution >= 4 is 23.6 Å². The zero-order valence-electron chi connectivity index (χ0n) is 19.8. The Kier molecular flexibility index (Phi) is 7.00. The topological polar surface area (TPSA) is 128 Å². The molecule has 4 aromatic rings. The number of esters is 1. The highest BCUT2D eigenvalue weighted by atomic mass is 19.1. The lowest BCUT2D eigenvalue weighted by Gasteiger charge is -2.15. The first kappa shape index (κ1) is 24.5. The van der Waals surface area contributed by atoms with Crippen molar-refractivity contribution in [1.82, 2.24) is 30.2 Å². The average molecular weight is 490 g/mol. The summed E-state index contributed by atoms with van der Waals surface area (Å²) in [5, 5.41) is 9.61. The quantitative estimate of drug-likeness (QED) is 0.381. The zero-order chi connectivity index (χ0) is 25.8. The number of halogens is 1. The highest BCUT2D eigenvalue weighted by Gasteiger charge is 2.20. The first-order valence-corrected chi connectivity index (χ1v) is 11.0. The number of amides is 2. The summed E-state index contributed by atoms with van der Waals surface area (Å²) in [5.74, 6) is -1.72. The first-order chi connectivity index (χ1) is 17.3. The Bertz CT molecular complexity index is 1450. The molecule has 36 heavy (non-hydrogen) atoms. The Balaban J connectivity index is 1.51. The van der Waals surface area contributed by atoms with Crippen molar-refractivity contribution < 1.29 is 23.5 Å². The van der Waals surface area contributed by atoms with Gasteiger partial charge in [-0.25, -0.2) is 14.2 Å². The Morgan fingerprint density at radius 1 is 1.08 bits per heavy atom. The van der Waals surface area contributed by atoms with Gasteiger partial charge in [0.2, 0.25) is 0 Å². The molecule has 0 radical (unpaired) electrons. The molecule has 0 bridgehead atoms. The highest BCUT2D eigenvalue weighted by molar-refractivity contribution is 5.98. The van der Waals surface area contributed by atoms with Crippen LogP contribution in [0.1, 0.15) is 61.0 Å². The fourth-order valence-electron chi connectivity index (χ4n) is 3.56. The van der Waals surface area contributed by atoms with Gasteiger partial charge in [0, 0.05) is 12.6 Å². The van der Waals surface area contributed by atoms with E-state index < -0.39 is 23.8 Å². The van der Waals surface area contributed by atoms with Crippen molar-refractivity contribution in [1.29, 1.82) is 0 Å². The largest absolute Gasteiger partial charge is 0.465 e. The van der Waals surface area contributed by atoms with Gasteiger partial charge in [-0.3, -0.25) is 9.59 Å². The Labute approximate surface area is 205 Å². The molecular formula is C25H23FN6O4. The molecular weight excluding hydrogens is 467 g/mol. The van der Waals surface area contributed by atoms with Crippen molar-refractivity contribution in [3.63, 3.8) is 0 Å². The zero-order valence-corrected chi connectivity index (χ0v) is 19.8. The van der Waals surface area contributed by atoms with Crippen LogP contribution in [0, 0.1) is 12.7 Å². The maximum Gasteiger partial charge on any atom is 0.337 e. The minimum atomic E-state index is -0.525. The van der Waals surface area contributed by atoms with Crippen molar-refractivity contribution in [2.45, 2.75) is 26.4 Å². The van der Waals surface area contributed by atoms with Crippen LogP contribution in [0.25, 0.3) is 5.78 Å². The van der Waals surface area contributed by atoms with Gasteiger partial charge < -0.3 is 15.4 Å². The van der Waals surface area contributed by atoms with E-state index in [1.54, 1.807) is 50.2 Å². The number of carbonyl (C=O) groups is 3. The molecule has 2 N–H and O–H groups in total. The molecule has 2 heterocycles. The normalized spacial score (nSPS) is 11.7. The second-order valence-corrected chi connectivity index (χ2v) is 8.07. The number of ether oxygens (including phenoxy) is 1. The number of hydrogen-bond donors (Lipinski definition) is 2. The molecule has 0 saturated carbocycles. The second-order valence-electron chi connectivity index (χ2n) is 8.07. The lowest BCUT2D eigenvalue weighted by atomic mass is 10.1. The fourth-order valence-corrected chi connectivity index (χ4v) is 3.56. The number of methoxy groups -OCH3 is 1. The summed E-state index contributed by atoms with van der Waals surface area (Å²) in [6.07, 6.45) is 1.23. The van der Waals surface area contributed by atoms with Gasteiger partial charge in [0.15, 0.2) is 0 Å². The molecule has 0 aliphatic heterocycles. The highest BCUT2D eigenvalue weighted by Crippen LogP contribution is 2.16. The summed E-state index contributed by atoms with van der Waals surface area (Å²) >= 11 is 0. The van der Waals surface area contributed by atoms with Crippen LogP contribution in [-0.2, 0) is 11.3 Å². The Hall–Kier alpha value is -4.67. The van der Waals surface area contributed by atoms with Gasteiger partial charge in [0.05, 0.1) is 18.7 Å². The van der Waals surface area contributed by atoms with Gasteiger partial charge >= 0.3 is 5.97 Å². The van der Waals surface area contributed by atoms with E-state index in [2.05, 4.69) is 25.7 Å². The summed E-state index contributed by atoms with van der Waals surface area (Å²) in [6.45, 7) is 3.57. The van der Waals surface area contributed by atoms with Crippen molar-refractivity contribution in [2.24, 2.45) is 0 Å². The summed E-state index contributed by atoms with van der Waals surface area (Å²) in [6, 6.07) is 12.1. The summed E-state index contributed by atoms with van der Waals surface area (Å²) in [4.78, 5) is 45.7. The van der Waals surface area contributed by atoms with E-state index in [9.17, 15) is 18.8 Å². The predicted octanol–water partition coefficient (Wildman–Crippen LogP) is 2.78. The Morgan fingerprint density at radius 3 is 2.53 bits per heavy atom. The molecule has 2 aromatic carbocycles. The SMILES string of the molecule is COC(=O)c1ccc([C@H](C)NC(=O)c2cc(C(=O)NCc3ccc(F)c(C)c3)nc3ncnn23)cc1. The number of aryl methyl sites for hydroxylation is 1. The minimum Gasteiger partial charge on any atom is -0.465 e. The van der Waals surface area contributed by atoms with Gasteiger partial charge in [0.25, 0.3) is 17.6 Å². The average Bonchev–Trinajstić information content (AvgIpc) is 3.37. The number of benzene rings is 2. The van der Waals surface area contributed by atoms with Crippen LogP contribution in [0.3, 0.4) is 0 Å². The van der Waals surface area contributed by atoms with Crippen molar-refractivity contribution in [2.75, 3.05) is 7.11 Å². The molecule has 4 rings (SSSR count). The van der Waals surface area contributed by atoms with E-state index in [4.69, 9.17) is 4.74 Å². The molecule has 184 valence electrons. The van der Waals surface area contributed by atoms with Gasteiger partial charge in [-0.15, -0.1) is 0 Å². The van der Waals surface area contributed by atoms with E-state index in [1.165, 1.54) is 30.1 Å². The molecule has 10 nitrogen and oxygen atoms in total. The third-order valence-electron chi connectivity index (χ3n) is 5.57. The first-order valence-electron chi connectivity index (χ1n) is 11.0. The molecule has 0 spiro atoms. The van der Waals surface area contributed by atoms with E-state index in [1.807, 2.05) is 0 Å². The molecule has 0 aliphatic carbocycles.